The summed E-state index contributed by atoms with van der Waals surface area (Å²) in [7, 11) is -2.20. The van der Waals surface area contributed by atoms with Crippen molar-refractivity contribution in [2.45, 2.75) is 23.8 Å². The predicted molar refractivity (Wildman–Crippen MR) is 86.3 cm³/mol. The van der Waals surface area contributed by atoms with Gasteiger partial charge in [-0.2, -0.15) is 0 Å². The second kappa shape index (κ2) is 6.54. The number of benzene rings is 1. The number of sulfonamides is 1. The number of anilines is 1. The van der Waals surface area contributed by atoms with Crippen LogP contribution in [0.15, 0.2) is 41.7 Å². The summed E-state index contributed by atoms with van der Waals surface area (Å²) < 4.78 is 32.4. The van der Waals surface area contributed by atoms with E-state index in [0.717, 1.165) is 12.8 Å². The lowest BCUT2D eigenvalue weighted by Crippen LogP contribution is -2.26. The first-order chi connectivity index (χ1) is 11.5. The summed E-state index contributed by atoms with van der Waals surface area (Å²) in [5.41, 5.74) is 0.357. The molecule has 0 spiro atoms. The SMILES string of the molecule is COc1ccc(S(=O)(=O)NC2CC2)cc1NC(=O)c1cnccn1. The second-order valence-corrected chi connectivity index (χ2v) is 7.02. The van der Waals surface area contributed by atoms with E-state index in [4.69, 9.17) is 4.74 Å². The normalized spacial score (nSPS) is 14.2. The highest BCUT2D eigenvalue weighted by atomic mass is 32.2. The number of nitrogens with one attached hydrogen (secondary N) is 2. The highest BCUT2D eigenvalue weighted by Crippen LogP contribution is 2.29. The number of carbonyl (C=O) groups is 1. The van der Waals surface area contributed by atoms with Crippen molar-refractivity contribution in [2.75, 3.05) is 12.4 Å². The first kappa shape index (κ1) is 16.3. The summed E-state index contributed by atoms with van der Waals surface area (Å²) in [6.45, 7) is 0. The van der Waals surface area contributed by atoms with Crippen LogP contribution in [-0.4, -0.2) is 37.4 Å². The molecule has 1 aromatic heterocycles. The molecule has 1 saturated carbocycles. The minimum absolute atomic E-state index is 0.00487. The molecule has 9 heteroatoms. The van der Waals surface area contributed by atoms with Crippen molar-refractivity contribution < 1.29 is 17.9 Å². The van der Waals surface area contributed by atoms with Crippen molar-refractivity contribution >= 4 is 21.6 Å². The standard InChI is InChI=1S/C15H16N4O4S/c1-23-14-5-4-11(24(21,22)19-10-2-3-10)8-12(14)18-15(20)13-9-16-6-7-17-13/h4-10,19H,2-3H2,1H3,(H,18,20). The largest absolute Gasteiger partial charge is 0.495 e. The second-order valence-electron chi connectivity index (χ2n) is 5.30. The summed E-state index contributed by atoms with van der Waals surface area (Å²) in [5, 5.41) is 2.60. The number of methoxy groups -OCH3 is 1. The van der Waals surface area contributed by atoms with E-state index in [-0.39, 0.29) is 22.3 Å². The van der Waals surface area contributed by atoms with Crippen molar-refractivity contribution in [2.24, 2.45) is 0 Å². The van der Waals surface area contributed by atoms with Crippen molar-refractivity contribution in [1.82, 2.24) is 14.7 Å². The molecule has 1 amide bonds. The van der Waals surface area contributed by atoms with Crippen LogP contribution in [0.3, 0.4) is 0 Å². The summed E-state index contributed by atoms with van der Waals surface area (Å²) in [4.78, 5) is 20.0. The Labute approximate surface area is 139 Å². The quantitative estimate of drug-likeness (QED) is 0.811. The first-order valence-electron chi connectivity index (χ1n) is 7.27. The third kappa shape index (κ3) is 3.69. The molecule has 1 fully saturated rings. The van der Waals surface area contributed by atoms with E-state index < -0.39 is 15.9 Å². The van der Waals surface area contributed by atoms with E-state index in [0.29, 0.717) is 5.75 Å². The van der Waals surface area contributed by atoms with E-state index in [1.807, 2.05) is 0 Å². The lowest BCUT2D eigenvalue weighted by Gasteiger charge is -2.12. The van der Waals surface area contributed by atoms with Gasteiger partial charge < -0.3 is 10.1 Å². The summed E-state index contributed by atoms with van der Waals surface area (Å²) in [5.74, 6) is -0.163. The molecule has 1 aliphatic rings. The van der Waals surface area contributed by atoms with Crippen molar-refractivity contribution in [1.29, 1.82) is 0 Å². The van der Waals surface area contributed by atoms with Crippen LogP contribution >= 0.6 is 0 Å². The number of rotatable bonds is 6. The molecule has 0 aliphatic heterocycles. The van der Waals surface area contributed by atoms with Gasteiger partial charge in [0.15, 0.2) is 0 Å². The van der Waals surface area contributed by atoms with Crippen molar-refractivity contribution in [3.05, 3.63) is 42.5 Å². The zero-order valence-corrected chi connectivity index (χ0v) is 13.7. The van der Waals surface area contributed by atoms with E-state index in [1.54, 1.807) is 0 Å². The lowest BCUT2D eigenvalue weighted by atomic mass is 10.2. The monoisotopic (exact) mass is 348 g/mol. The van der Waals surface area contributed by atoms with Crippen molar-refractivity contribution in [3.8, 4) is 5.75 Å². The van der Waals surface area contributed by atoms with Crippen LogP contribution in [0.1, 0.15) is 23.3 Å². The van der Waals surface area contributed by atoms with Crippen LogP contribution in [0.5, 0.6) is 5.75 Å². The van der Waals surface area contributed by atoms with Gasteiger partial charge in [0.2, 0.25) is 10.0 Å². The molecule has 0 atom stereocenters. The van der Waals surface area contributed by atoms with E-state index in [1.165, 1.54) is 43.9 Å². The smallest absolute Gasteiger partial charge is 0.275 e. The number of nitrogens with zero attached hydrogens (tertiary/aromatic N) is 2. The molecule has 8 nitrogen and oxygen atoms in total. The Morgan fingerprint density at radius 3 is 2.71 bits per heavy atom. The number of amides is 1. The van der Waals surface area contributed by atoms with Crippen LogP contribution < -0.4 is 14.8 Å². The van der Waals surface area contributed by atoms with Gasteiger partial charge in [0.25, 0.3) is 5.91 Å². The maximum atomic E-state index is 12.3. The topological polar surface area (TPSA) is 110 Å². The molecule has 0 unspecified atom stereocenters. The minimum Gasteiger partial charge on any atom is -0.495 e. The highest BCUT2D eigenvalue weighted by Gasteiger charge is 2.28. The fourth-order valence-electron chi connectivity index (χ4n) is 2.04. The number of hydrogen-bond acceptors (Lipinski definition) is 6. The van der Waals surface area contributed by atoms with Gasteiger partial charge in [-0.15, -0.1) is 0 Å². The Morgan fingerprint density at radius 2 is 2.08 bits per heavy atom. The molecule has 2 N–H and O–H groups in total. The maximum Gasteiger partial charge on any atom is 0.275 e. The molecule has 2 aromatic rings. The molecule has 0 saturated heterocycles. The fourth-order valence-corrected chi connectivity index (χ4v) is 3.37. The Bertz CT molecular complexity index is 851. The number of ether oxygens (including phenoxy) is 1. The molecule has 1 heterocycles. The van der Waals surface area contributed by atoms with E-state index in [2.05, 4.69) is 20.0 Å². The van der Waals surface area contributed by atoms with Crippen LogP contribution in [-0.2, 0) is 10.0 Å². The summed E-state index contributed by atoms with van der Waals surface area (Å²) in [6.07, 6.45) is 5.84. The minimum atomic E-state index is -3.63. The molecular weight excluding hydrogens is 332 g/mol. The molecule has 1 aromatic carbocycles. The Hall–Kier alpha value is -2.52. The fraction of sp³-hybridized carbons (Fsp3) is 0.267. The van der Waals surface area contributed by atoms with Crippen LogP contribution in [0.25, 0.3) is 0 Å². The van der Waals surface area contributed by atoms with Crippen molar-refractivity contribution in [3.63, 3.8) is 0 Å². The zero-order chi connectivity index (χ0) is 17.2. The average molecular weight is 348 g/mol. The molecular formula is C15H16N4O4S. The number of carbonyl (C=O) groups excluding carboxylic acids is 1. The molecule has 1 aliphatic carbocycles. The Kier molecular flexibility index (Phi) is 4.45. The number of hydrogen-bond donors (Lipinski definition) is 2. The van der Waals surface area contributed by atoms with Gasteiger partial charge in [0, 0.05) is 18.4 Å². The van der Waals surface area contributed by atoms with Crippen LogP contribution in [0, 0.1) is 0 Å². The van der Waals surface area contributed by atoms with Gasteiger partial charge in [-0.05, 0) is 31.0 Å². The van der Waals surface area contributed by atoms with Crippen LogP contribution in [0.4, 0.5) is 5.69 Å². The lowest BCUT2D eigenvalue weighted by molar-refractivity contribution is 0.102. The van der Waals surface area contributed by atoms with Gasteiger partial charge in [-0.1, -0.05) is 0 Å². The summed E-state index contributed by atoms with van der Waals surface area (Å²) >= 11 is 0. The Balaban J connectivity index is 1.88. The van der Waals surface area contributed by atoms with Gasteiger partial charge in [0.05, 0.1) is 23.9 Å². The molecule has 0 radical (unpaired) electrons. The van der Waals surface area contributed by atoms with Gasteiger partial charge in [0.1, 0.15) is 11.4 Å². The molecule has 24 heavy (non-hydrogen) atoms. The maximum absolute atomic E-state index is 12.3. The third-order valence-electron chi connectivity index (χ3n) is 3.42. The molecule has 0 bridgehead atoms. The van der Waals surface area contributed by atoms with E-state index in [9.17, 15) is 13.2 Å². The average Bonchev–Trinajstić information content (AvgIpc) is 3.39. The van der Waals surface area contributed by atoms with Gasteiger partial charge in [-0.3, -0.25) is 9.78 Å². The number of aromatic nitrogens is 2. The van der Waals surface area contributed by atoms with Gasteiger partial charge >= 0.3 is 0 Å². The first-order valence-corrected chi connectivity index (χ1v) is 8.75. The Morgan fingerprint density at radius 1 is 1.29 bits per heavy atom. The predicted octanol–water partition coefficient (Wildman–Crippen LogP) is 1.18. The molecule has 126 valence electrons. The third-order valence-corrected chi connectivity index (χ3v) is 4.94. The van der Waals surface area contributed by atoms with Crippen LogP contribution in [0.2, 0.25) is 0 Å². The summed E-state index contributed by atoms with van der Waals surface area (Å²) in [6, 6.07) is 4.28. The van der Waals surface area contributed by atoms with Gasteiger partial charge in [-0.25, -0.2) is 18.1 Å². The molecule has 3 rings (SSSR count). The van der Waals surface area contributed by atoms with E-state index >= 15 is 0 Å². The highest BCUT2D eigenvalue weighted by molar-refractivity contribution is 7.89. The zero-order valence-electron chi connectivity index (χ0n) is 12.9.